The fourth-order valence-electron chi connectivity index (χ4n) is 2.33. The summed E-state index contributed by atoms with van der Waals surface area (Å²) in [5.74, 6) is 0.401. The molecular formula is C12H15N5O. The maximum absolute atomic E-state index is 11.3. The Labute approximate surface area is 104 Å². The number of carbonyl (C=O) groups is 1. The monoisotopic (exact) mass is 245 g/mol. The van der Waals surface area contributed by atoms with Crippen molar-refractivity contribution in [3.63, 3.8) is 0 Å². The predicted octanol–water partition coefficient (Wildman–Crippen LogP) is 0.818. The average molecular weight is 245 g/mol. The average Bonchev–Trinajstić information content (AvgIpc) is 2.82. The van der Waals surface area contributed by atoms with Crippen LogP contribution in [0.15, 0.2) is 18.5 Å². The van der Waals surface area contributed by atoms with Crippen molar-refractivity contribution in [2.45, 2.75) is 19.3 Å². The van der Waals surface area contributed by atoms with Crippen molar-refractivity contribution in [1.82, 2.24) is 14.6 Å². The molecule has 0 unspecified atom stereocenters. The predicted molar refractivity (Wildman–Crippen MR) is 67.6 cm³/mol. The number of primary amides is 1. The van der Waals surface area contributed by atoms with E-state index in [1.165, 1.54) is 25.5 Å². The molecule has 0 saturated carbocycles. The second kappa shape index (κ2) is 4.29. The Morgan fingerprint density at radius 1 is 1.28 bits per heavy atom. The summed E-state index contributed by atoms with van der Waals surface area (Å²) in [6.07, 6.45) is 6.94. The molecule has 2 aromatic heterocycles. The molecule has 0 radical (unpaired) electrons. The van der Waals surface area contributed by atoms with Crippen LogP contribution >= 0.6 is 0 Å². The molecule has 6 heteroatoms. The summed E-state index contributed by atoms with van der Waals surface area (Å²) in [6, 6.07) is 1.93. The first-order valence-corrected chi connectivity index (χ1v) is 6.15. The van der Waals surface area contributed by atoms with Gasteiger partial charge in [-0.25, -0.2) is 9.50 Å². The molecule has 1 amide bonds. The van der Waals surface area contributed by atoms with Gasteiger partial charge in [0.15, 0.2) is 5.65 Å². The van der Waals surface area contributed by atoms with Crippen molar-refractivity contribution in [1.29, 1.82) is 0 Å². The number of hydrogen-bond donors (Lipinski definition) is 1. The minimum Gasteiger partial charge on any atom is -0.365 e. The lowest BCUT2D eigenvalue weighted by molar-refractivity contribution is 0.100. The minimum atomic E-state index is -0.492. The number of amides is 1. The molecule has 1 aliphatic rings. The molecule has 0 spiro atoms. The Kier molecular flexibility index (Phi) is 2.62. The van der Waals surface area contributed by atoms with Crippen LogP contribution in [0, 0.1) is 0 Å². The van der Waals surface area contributed by atoms with E-state index in [1.807, 2.05) is 12.3 Å². The van der Waals surface area contributed by atoms with Crippen LogP contribution in [0.25, 0.3) is 5.65 Å². The first kappa shape index (κ1) is 11.0. The second-order valence-electron chi connectivity index (χ2n) is 4.52. The maximum Gasteiger partial charge on any atom is 0.254 e. The van der Waals surface area contributed by atoms with Gasteiger partial charge in [0.25, 0.3) is 5.91 Å². The number of carbonyl (C=O) groups excluding carboxylic acids is 1. The number of piperidine rings is 1. The van der Waals surface area contributed by atoms with Gasteiger partial charge in [-0.1, -0.05) is 0 Å². The first-order chi connectivity index (χ1) is 8.75. The summed E-state index contributed by atoms with van der Waals surface area (Å²) >= 11 is 0. The second-order valence-corrected chi connectivity index (χ2v) is 4.52. The van der Waals surface area contributed by atoms with Crippen molar-refractivity contribution in [3.05, 3.63) is 24.0 Å². The van der Waals surface area contributed by atoms with Crippen molar-refractivity contribution >= 4 is 17.4 Å². The summed E-state index contributed by atoms with van der Waals surface area (Å²) in [5.41, 5.74) is 6.21. The SMILES string of the molecule is NC(=O)c1cnn2ccc(N3CCCCC3)nc12. The molecule has 3 heterocycles. The highest BCUT2D eigenvalue weighted by Gasteiger charge is 2.15. The van der Waals surface area contributed by atoms with Crippen LogP contribution in [-0.2, 0) is 0 Å². The normalized spacial score (nSPS) is 16.1. The zero-order valence-corrected chi connectivity index (χ0v) is 10.0. The Morgan fingerprint density at radius 2 is 2.06 bits per heavy atom. The van der Waals surface area contributed by atoms with E-state index in [9.17, 15) is 4.79 Å². The minimum absolute atomic E-state index is 0.369. The van der Waals surface area contributed by atoms with E-state index in [0.717, 1.165) is 18.9 Å². The highest BCUT2D eigenvalue weighted by Crippen LogP contribution is 2.19. The van der Waals surface area contributed by atoms with E-state index in [-0.39, 0.29) is 0 Å². The van der Waals surface area contributed by atoms with Crippen LogP contribution in [0.5, 0.6) is 0 Å². The van der Waals surface area contributed by atoms with Crippen molar-refractivity contribution in [3.8, 4) is 0 Å². The number of fused-ring (bicyclic) bond motifs is 1. The third-order valence-corrected chi connectivity index (χ3v) is 3.30. The quantitative estimate of drug-likeness (QED) is 0.849. The summed E-state index contributed by atoms with van der Waals surface area (Å²) in [5, 5.41) is 4.06. The molecule has 94 valence electrons. The molecule has 18 heavy (non-hydrogen) atoms. The van der Waals surface area contributed by atoms with E-state index in [4.69, 9.17) is 5.73 Å². The van der Waals surface area contributed by atoms with Gasteiger partial charge in [-0.15, -0.1) is 0 Å². The number of anilines is 1. The van der Waals surface area contributed by atoms with Gasteiger partial charge in [-0.2, -0.15) is 5.10 Å². The standard InChI is InChI=1S/C12H15N5O/c13-11(18)9-8-14-17-7-4-10(15-12(9)17)16-5-2-1-3-6-16/h4,7-8H,1-3,5-6H2,(H2,13,18). The number of aromatic nitrogens is 3. The zero-order valence-electron chi connectivity index (χ0n) is 10.0. The van der Waals surface area contributed by atoms with Gasteiger partial charge in [0, 0.05) is 19.3 Å². The third kappa shape index (κ3) is 1.79. The molecule has 3 rings (SSSR count). The van der Waals surface area contributed by atoms with Crippen LogP contribution in [0.4, 0.5) is 5.82 Å². The molecule has 0 atom stereocenters. The number of hydrogen-bond acceptors (Lipinski definition) is 4. The van der Waals surface area contributed by atoms with Crippen LogP contribution in [0.3, 0.4) is 0 Å². The van der Waals surface area contributed by atoms with Crippen LogP contribution in [0.2, 0.25) is 0 Å². The van der Waals surface area contributed by atoms with E-state index in [2.05, 4.69) is 15.0 Å². The molecule has 1 fully saturated rings. The van der Waals surface area contributed by atoms with E-state index in [0.29, 0.717) is 11.2 Å². The fourth-order valence-corrected chi connectivity index (χ4v) is 2.33. The van der Waals surface area contributed by atoms with E-state index in [1.54, 1.807) is 4.52 Å². The zero-order chi connectivity index (χ0) is 12.5. The first-order valence-electron chi connectivity index (χ1n) is 6.15. The summed E-state index contributed by atoms with van der Waals surface area (Å²) < 4.78 is 1.58. The molecule has 2 aromatic rings. The lowest BCUT2D eigenvalue weighted by Gasteiger charge is -2.27. The van der Waals surface area contributed by atoms with Gasteiger partial charge >= 0.3 is 0 Å². The number of nitrogens with zero attached hydrogens (tertiary/aromatic N) is 4. The molecule has 6 nitrogen and oxygen atoms in total. The van der Waals surface area contributed by atoms with E-state index < -0.39 is 5.91 Å². The largest absolute Gasteiger partial charge is 0.365 e. The third-order valence-electron chi connectivity index (χ3n) is 3.30. The van der Waals surface area contributed by atoms with Gasteiger partial charge in [0.05, 0.1) is 6.20 Å². The Bertz CT molecular complexity index is 585. The number of rotatable bonds is 2. The summed E-state index contributed by atoms with van der Waals surface area (Å²) in [6.45, 7) is 2.03. The highest BCUT2D eigenvalue weighted by atomic mass is 16.1. The Hall–Kier alpha value is -2.11. The topological polar surface area (TPSA) is 76.5 Å². The van der Waals surface area contributed by atoms with Gasteiger partial charge in [-0.05, 0) is 25.3 Å². The van der Waals surface area contributed by atoms with Crippen molar-refractivity contribution < 1.29 is 4.79 Å². The molecule has 1 saturated heterocycles. The van der Waals surface area contributed by atoms with Gasteiger partial charge in [0.2, 0.25) is 0 Å². The summed E-state index contributed by atoms with van der Waals surface area (Å²) in [4.78, 5) is 18.0. The maximum atomic E-state index is 11.3. The van der Waals surface area contributed by atoms with E-state index >= 15 is 0 Å². The van der Waals surface area contributed by atoms with Crippen molar-refractivity contribution in [2.75, 3.05) is 18.0 Å². The Morgan fingerprint density at radius 3 is 2.78 bits per heavy atom. The van der Waals surface area contributed by atoms with Gasteiger partial charge in [0.1, 0.15) is 11.4 Å². The number of nitrogens with two attached hydrogens (primary N) is 1. The van der Waals surface area contributed by atoms with Crippen LogP contribution in [-0.4, -0.2) is 33.6 Å². The van der Waals surface area contributed by atoms with Crippen molar-refractivity contribution in [2.24, 2.45) is 5.73 Å². The van der Waals surface area contributed by atoms with Crippen LogP contribution < -0.4 is 10.6 Å². The molecule has 1 aliphatic heterocycles. The Balaban J connectivity index is 2.03. The smallest absolute Gasteiger partial charge is 0.254 e. The molecule has 0 aromatic carbocycles. The molecular weight excluding hydrogens is 230 g/mol. The van der Waals surface area contributed by atoms with Crippen LogP contribution in [0.1, 0.15) is 29.6 Å². The lowest BCUT2D eigenvalue weighted by atomic mass is 10.1. The van der Waals surface area contributed by atoms with Gasteiger partial charge in [-0.3, -0.25) is 4.79 Å². The summed E-state index contributed by atoms with van der Waals surface area (Å²) in [7, 11) is 0. The fraction of sp³-hybridized carbons (Fsp3) is 0.417. The highest BCUT2D eigenvalue weighted by molar-refractivity contribution is 5.98. The van der Waals surface area contributed by atoms with Gasteiger partial charge < -0.3 is 10.6 Å². The molecule has 2 N–H and O–H groups in total. The molecule has 0 aliphatic carbocycles. The lowest BCUT2D eigenvalue weighted by Crippen LogP contribution is -2.30. The molecule has 0 bridgehead atoms.